The molecule has 0 radical (unpaired) electrons. The van der Waals surface area contributed by atoms with Gasteiger partial charge in [0.15, 0.2) is 3.95 Å². The first kappa shape index (κ1) is 17.0. The Morgan fingerprint density at radius 3 is 2.92 bits per heavy atom. The minimum absolute atomic E-state index is 0.132. The number of benzene rings is 1. The molecule has 0 saturated carbocycles. The predicted octanol–water partition coefficient (Wildman–Crippen LogP) is 0.636. The molecule has 124 valence electrons. The van der Waals surface area contributed by atoms with Gasteiger partial charge in [-0.1, -0.05) is 15.9 Å². The summed E-state index contributed by atoms with van der Waals surface area (Å²) in [6.07, 6.45) is 0.142. The van der Waals surface area contributed by atoms with Crippen LogP contribution in [0.25, 0.3) is 5.57 Å². The first-order valence-corrected chi connectivity index (χ1v) is 8.96. The third-order valence-electron chi connectivity index (χ3n) is 3.52. The lowest BCUT2D eigenvalue weighted by atomic mass is 10.1. The summed E-state index contributed by atoms with van der Waals surface area (Å²) >= 11 is 9.69. The van der Waals surface area contributed by atoms with Crippen molar-refractivity contribution in [2.45, 2.75) is 19.4 Å². The van der Waals surface area contributed by atoms with Crippen molar-refractivity contribution in [2.24, 2.45) is 4.99 Å². The average Bonchev–Trinajstić information content (AvgIpc) is 2.96. The zero-order chi connectivity index (χ0) is 17.4. The van der Waals surface area contributed by atoms with Gasteiger partial charge in [0.1, 0.15) is 4.88 Å². The molecule has 0 bridgehead atoms. The number of hydrogen-bond acceptors (Lipinski definition) is 6. The van der Waals surface area contributed by atoms with Gasteiger partial charge in [-0.2, -0.15) is 0 Å². The average molecular weight is 426 g/mol. The zero-order valence-electron chi connectivity index (χ0n) is 12.1. The van der Waals surface area contributed by atoms with E-state index in [-0.39, 0.29) is 25.3 Å². The summed E-state index contributed by atoms with van der Waals surface area (Å²) in [7, 11) is 0. The van der Waals surface area contributed by atoms with Crippen LogP contribution in [0.3, 0.4) is 0 Å². The highest BCUT2D eigenvalue weighted by Crippen LogP contribution is 2.32. The molecule has 1 aromatic heterocycles. The standard InChI is InChI=1S/C15H11BrN2O4S2/c16-7-3-4-9-8(6-7)11(13(21)17-9)12-14(22)18(15(23)24-12)5-1-2-10(19)20/h3-4,6,22H,1-2,5H2,(H,19,20)/p-1. The Morgan fingerprint density at radius 2 is 2.21 bits per heavy atom. The maximum Gasteiger partial charge on any atom is 0.279 e. The molecular weight excluding hydrogens is 416 g/mol. The Labute approximate surface area is 153 Å². The largest absolute Gasteiger partial charge is 0.550 e. The highest BCUT2D eigenvalue weighted by molar-refractivity contribution is 9.10. The Balaban J connectivity index is 2.10. The molecule has 1 amide bonds. The fourth-order valence-electron chi connectivity index (χ4n) is 2.44. The maximum absolute atomic E-state index is 12.3. The van der Waals surface area contributed by atoms with E-state index in [0.717, 1.165) is 15.8 Å². The summed E-state index contributed by atoms with van der Waals surface area (Å²) in [5.74, 6) is -1.74. The van der Waals surface area contributed by atoms with Gasteiger partial charge in [0.2, 0.25) is 5.88 Å². The van der Waals surface area contributed by atoms with Crippen molar-refractivity contribution in [3.8, 4) is 5.88 Å². The van der Waals surface area contributed by atoms with Crippen molar-refractivity contribution < 1.29 is 19.8 Å². The van der Waals surface area contributed by atoms with Gasteiger partial charge in [-0.3, -0.25) is 9.36 Å². The Bertz CT molecular complexity index is 1040. The topological polar surface area (TPSA) is 94.7 Å². The minimum atomic E-state index is -1.16. The third-order valence-corrected chi connectivity index (χ3v) is 5.47. The van der Waals surface area contributed by atoms with E-state index in [0.29, 0.717) is 25.0 Å². The fourth-order valence-corrected chi connectivity index (χ4v) is 4.20. The first-order valence-electron chi connectivity index (χ1n) is 6.94. The van der Waals surface area contributed by atoms with Crippen LogP contribution in [-0.2, 0) is 16.1 Å². The van der Waals surface area contributed by atoms with Gasteiger partial charge in [0, 0.05) is 22.2 Å². The lowest BCUT2D eigenvalue weighted by molar-refractivity contribution is -0.305. The van der Waals surface area contributed by atoms with E-state index in [1.807, 2.05) is 0 Å². The van der Waals surface area contributed by atoms with Crippen LogP contribution in [0.2, 0.25) is 0 Å². The highest BCUT2D eigenvalue weighted by atomic mass is 79.9. The van der Waals surface area contributed by atoms with E-state index in [4.69, 9.17) is 12.2 Å². The van der Waals surface area contributed by atoms with E-state index < -0.39 is 11.9 Å². The van der Waals surface area contributed by atoms with Crippen molar-refractivity contribution in [1.29, 1.82) is 0 Å². The number of thiazole rings is 1. The molecule has 1 aliphatic rings. The molecule has 1 aliphatic heterocycles. The summed E-state index contributed by atoms with van der Waals surface area (Å²) in [4.78, 5) is 27.1. The molecule has 0 spiro atoms. The second kappa shape index (κ2) is 6.58. The molecule has 2 heterocycles. The zero-order valence-corrected chi connectivity index (χ0v) is 15.3. The van der Waals surface area contributed by atoms with Crippen LogP contribution in [0.4, 0.5) is 0 Å². The molecule has 24 heavy (non-hydrogen) atoms. The third kappa shape index (κ3) is 3.06. The van der Waals surface area contributed by atoms with E-state index in [1.54, 1.807) is 18.2 Å². The molecule has 0 atom stereocenters. The first-order chi connectivity index (χ1) is 11.4. The van der Waals surface area contributed by atoms with Crippen LogP contribution in [0.1, 0.15) is 17.7 Å². The van der Waals surface area contributed by atoms with Gasteiger partial charge in [0.25, 0.3) is 5.91 Å². The summed E-state index contributed by atoms with van der Waals surface area (Å²) in [6.45, 7) is 0.235. The van der Waals surface area contributed by atoms with Gasteiger partial charge in [-0.15, -0.1) is 11.3 Å². The molecule has 1 N–H and O–H groups in total. The maximum atomic E-state index is 12.3. The number of carbonyl (C=O) groups excluding carboxylic acids is 2. The molecule has 3 rings (SSSR count). The number of halogens is 1. The summed E-state index contributed by atoms with van der Waals surface area (Å²) in [6, 6.07) is 5.27. The quantitative estimate of drug-likeness (QED) is 0.709. The molecule has 9 heteroatoms. The summed E-state index contributed by atoms with van der Waals surface area (Å²) in [5, 5.41) is 22.1. The number of hydrogen-bond donors (Lipinski definition) is 1. The highest BCUT2D eigenvalue weighted by Gasteiger charge is 2.25. The lowest BCUT2D eigenvalue weighted by Gasteiger charge is -2.06. The van der Waals surface area contributed by atoms with Crippen LogP contribution in [0.5, 0.6) is 5.88 Å². The summed E-state index contributed by atoms with van der Waals surface area (Å²) in [5.41, 5.74) is 0.304. The van der Waals surface area contributed by atoms with E-state index >= 15 is 0 Å². The molecule has 1 aromatic carbocycles. The fraction of sp³-hybridized carbons (Fsp3) is 0.200. The smallest absolute Gasteiger partial charge is 0.279 e. The van der Waals surface area contributed by atoms with E-state index in [9.17, 15) is 19.8 Å². The molecule has 0 aliphatic carbocycles. The van der Waals surface area contributed by atoms with E-state index in [1.165, 1.54) is 4.57 Å². The number of nitrogens with zero attached hydrogens (tertiary/aromatic N) is 2. The number of aliphatic carboxylic acids is 1. The van der Waals surface area contributed by atoms with Crippen molar-refractivity contribution >= 4 is 56.9 Å². The Kier molecular flexibility index (Phi) is 4.66. The van der Waals surface area contributed by atoms with Gasteiger partial charge < -0.3 is 15.0 Å². The number of carboxylic acids is 1. The van der Waals surface area contributed by atoms with Gasteiger partial charge in [-0.25, -0.2) is 4.99 Å². The van der Waals surface area contributed by atoms with Gasteiger partial charge in [-0.05, 0) is 43.3 Å². The second-order valence-corrected chi connectivity index (χ2v) is 7.66. The van der Waals surface area contributed by atoms with Crippen molar-refractivity contribution in [2.75, 3.05) is 0 Å². The van der Waals surface area contributed by atoms with Crippen LogP contribution in [0.15, 0.2) is 27.7 Å². The monoisotopic (exact) mass is 425 g/mol. The van der Waals surface area contributed by atoms with Gasteiger partial charge in [0.05, 0.1) is 10.9 Å². The van der Waals surface area contributed by atoms with Crippen LogP contribution < -0.4 is 15.7 Å². The molecule has 6 nitrogen and oxygen atoms in total. The number of aromatic nitrogens is 1. The molecule has 2 aromatic rings. The summed E-state index contributed by atoms with van der Waals surface area (Å²) < 4.78 is 2.58. The minimum Gasteiger partial charge on any atom is -0.550 e. The molecule has 0 saturated heterocycles. The van der Waals surface area contributed by atoms with Crippen LogP contribution in [-0.4, -0.2) is 21.6 Å². The van der Waals surface area contributed by atoms with Crippen molar-refractivity contribution in [3.05, 3.63) is 42.1 Å². The Hall–Kier alpha value is -1.84. The molecule has 0 unspecified atom stereocenters. The number of carboxylic acid groups (broad SMARTS) is 1. The molecule has 0 fully saturated rings. The number of rotatable bonds is 5. The predicted molar refractivity (Wildman–Crippen MR) is 91.5 cm³/mol. The number of aromatic hydroxyl groups is 1. The number of fused-ring (bicyclic) bond motifs is 1. The van der Waals surface area contributed by atoms with Crippen LogP contribution in [0, 0.1) is 3.95 Å². The lowest BCUT2D eigenvalue weighted by Crippen LogP contribution is -2.22. The van der Waals surface area contributed by atoms with Crippen molar-refractivity contribution in [1.82, 2.24) is 4.57 Å². The van der Waals surface area contributed by atoms with Crippen molar-refractivity contribution in [3.63, 3.8) is 0 Å². The van der Waals surface area contributed by atoms with Gasteiger partial charge >= 0.3 is 0 Å². The number of carbonyl (C=O) groups is 2. The SMILES string of the molecule is O=C([O-])CCCn1c(O)c(C2=c3cc(Br)ccc3=NC2=O)sc1=S. The van der Waals surface area contributed by atoms with E-state index in [2.05, 4.69) is 20.9 Å². The number of amides is 1. The second-order valence-electron chi connectivity index (χ2n) is 5.10. The normalized spacial score (nSPS) is 13.0. The molecular formula is C15H10BrN2O4S2-. The van der Waals surface area contributed by atoms with Crippen LogP contribution >= 0.6 is 39.5 Å². The Morgan fingerprint density at radius 1 is 1.46 bits per heavy atom.